The van der Waals surface area contributed by atoms with Crippen LogP contribution >= 0.6 is 0 Å². The summed E-state index contributed by atoms with van der Waals surface area (Å²) < 4.78 is 28.1. The maximum atomic E-state index is 14.1. The molecule has 8 heteroatoms. The molecule has 0 amide bonds. The zero-order valence-corrected chi connectivity index (χ0v) is 22.0. The van der Waals surface area contributed by atoms with Crippen LogP contribution in [0.15, 0.2) is 78.1 Å². The molecule has 1 aliphatic rings. The van der Waals surface area contributed by atoms with Crippen molar-refractivity contribution in [3.8, 4) is 0 Å². The van der Waals surface area contributed by atoms with Crippen molar-refractivity contribution in [2.45, 2.75) is 32.6 Å². The number of hydrogen-bond donors (Lipinski definition) is 3. The Morgan fingerprint density at radius 2 is 1.85 bits per heavy atom. The zero-order chi connectivity index (χ0) is 27.5. The molecule has 0 aliphatic carbocycles. The fourth-order valence-electron chi connectivity index (χ4n) is 5.01. The topological polar surface area (TPSA) is 96.3 Å². The number of amidine groups is 1. The number of pyridine rings is 1. The second-order valence-electron chi connectivity index (χ2n) is 9.90. The van der Waals surface area contributed by atoms with E-state index in [1.54, 1.807) is 6.07 Å². The highest BCUT2D eigenvalue weighted by molar-refractivity contribution is 6.12. The number of benzene rings is 2. The highest BCUT2D eigenvalue weighted by atomic mass is 19.1. The molecule has 1 fully saturated rings. The number of aromatic amines is 1. The molecule has 3 heterocycles. The second-order valence-corrected chi connectivity index (χ2v) is 9.90. The number of H-pyrrole nitrogens is 1. The average molecular weight is 527 g/mol. The Balaban J connectivity index is 1.36. The third-order valence-corrected chi connectivity index (χ3v) is 7.22. The summed E-state index contributed by atoms with van der Waals surface area (Å²) in [5.74, 6) is -1.01. The number of hydrogen-bond acceptors (Lipinski definition) is 4. The van der Waals surface area contributed by atoms with E-state index >= 15 is 0 Å². The number of aliphatic imine (C=N–C) groups is 1. The molecule has 0 radical (unpaired) electrons. The van der Waals surface area contributed by atoms with E-state index < -0.39 is 11.6 Å². The summed E-state index contributed by atoms with van der Waals surface area (Å²) in [5.41, 5.74) is 18.3. The van der Waals surface area contributed by atoms with Gasteiger partial charge >= 0.3 is 0 Å². The van der Waals surface area contributed by atoms with Crippen LogP contribution in [-0.2, 0) is 6.42 Å². The van der Waals surface area contributed by atoms with Crippen molar-refractivity contribution in [2.24, 2.45) is 16.5 Å². The quantitative estimate of drug-likeness (QED) is 0.150. The summed E-state index contributed by atoms with van der Waals surface area (Å²) >= 11 is 0. The summed E-state index contributed by atoms with van der Waals surface area (Å²) in [7, 11) is 0. The lowest BCUT2D eigenvalue weighted by Crippen LogP contribution is -2.29. The van der Waals surface area contributed by atoms with E-state index in [9.17, 15) is 8.78 Å². The summed E-state index contributed by atoms with van der Waals surface area (Å²) in [6, 6.07) is 14.0. The lowest BCUT2D eigenvalue weighted by molar-refractivity contribution is 0.560. The van der Waals surface area contributed by atoms with Gasteiger partial charge < -0.3 is 21.4 Å². The molecule has 0 unspecified atom stereocenters. The molecule has 2 aromatic heterocycles. The number of fused-ring (bicyclic) bond motifs is 1. The molecule has 4 aromatic rings. The van der Waals surface area contributed by atoms with E-state index in [2.05, 4.69) is 44.6 Å². The van der Waals surface area contributed by atoms with Gasteiger partial charge in [-0.3, -0.25) is 4.98 Å². The highest BCUT2D eigenvalue weighted by Gasteiger charge is 2.16. The number of nitrogens with zero attached hydrogens (tertiary/aromatic N) is 3. The molecule has 5 rings (SSSR count). The minimum atomic E-state index is -0.600. The van der Waals surface area contributed by atoms with Crippen LogP contribution in [0.2, 0.25) is 0 Å². The van der Waals surface area contributed by atoms with Crippen molar-refractivity contribution < 1.29 is 8.78 Å². The molecule has 39 heavy (non-hydrogen) atoms. The summed E-state index contributed by atoms with van der Waals surface area (Å²) in [6.45, 7) is 8.23. The zero-order valence-electron chi connectivity index (χ0n) is 22.0. The van der Waals surface area contributed by atoms with Gasteiger partial charge in [0, 0.05) is 70.4 Å². The van der Waals surface area contributed by atoms with Gasteiger partial charge in [0.05, 0.1) is 11.9 Å². The van der Waals surface area contributed by atoms with E-state index in [0.717, 1.165) is 35.2 Å². The van der Waals surface area contributed by atoms with Gasteiger partial charge in [0.25, 0.3) is 0 Å². The molecule has 1 saturated heterocycles. The lowest BCUT2D eigenvalue weighted by atomic mass is 10.0. The number of nitrogens with one attached hydrogen (secondary N) is 1. The summed E-state index contributed by atoms with van der Waals surface area (Å²) in [5, 5.41) is 1.09. The standard InChI is InChI=1S/C31H32F2N6/c1-19-13-22(16-24-26(32)7-6-8-27(24)33)36-18-30(19)38-31(35)25(17-34)20(2)29-15-21-14-23(9-10-28(21)37-29)39-11-4-3-5-12-39/h6-10,13-15,17-18,37H,2-5,11-12,16,34H2,1H3,(H2,35,38). The molecular weight excluding hydrogens is 494 g/mol. The van der Waals surface area contributed by atoms with Crippen molar-refractivity contribution in [1.82, 2.24) is 9.97 Å². The normalized spacial score (nSPS) is 14.7. The van der Waals surface area contributed by atoms with Gasteiger partial charge in [-0.15, -0.1) is 0 Å². The Hall–Kier alpha value is -4.46. The first-order valence-corrected chi connectivity index (χ1v) is 13.1. The molecule has 0 spiro atoms. The number of aromatic nitrogens is 2. The van der Waals surface area contributed by atoms with Gasteiger partial charge in [0.15, 0.2) is 0 Å². The maximum Gasteiger partial charge on any atom is 0.133 e. The third-order valence-electron chi connectivity index (χ3n) is 7.22. The van der Waals surface area contributed by atoms with Crippen LogP contribution in [0.4, 0.5) is 20.2 Å². The smallest absolute Gasteiger partial charge is 0.133 e. The van der Waals surface area contributed by atoms with Crippen LogP contribution in [0.3, 0.4) is 0 Å². The van der Waals surface area contributed by atoms with E-state index in [-0.39, 0.29) is 17.8 Å². The molecule has 6 nitrogen and oxygen atoms in total. The third kappa shape index (κ3) is 5.55. The van der Waals surface area contributed by atoms with Crippen LogP contribution in [0, 0.1) is 18.6 Å². The number of piperidine rings is 1. The number of halogens is 2. The number of anilines is 1. The SMILES string of the molecule is C=C(C(=CN)C(N)=Nc1cnc(Cc2c(F)cccc2F)cc1C)c1cc2cc(N3CCCCC3)ccc2[nH]1. The van der Waals surface area contributed by atoms with Gasteiger partial charge in [-0.2, -0.15) is 0 Å². The van der Waals surface area contributed by atoms with Crippen molar-refractivity contribution in [3.05, 3.63) is 107 Å². The first-order valence-electron chi connectivity index (χ1n) is 13.1. The van der Waals surface area contributed by atoms with E-state index in [1.807, 2.05) is 13.0 Å². The van der Waals surface area contributed by atoms with Crippen molar-refractivity contribution in [2.75, 3.05) is 18.0 Å². The highest BCUT2D eigenvalue weighted by Crippen LogP contribution is 2.30. The van der Waals surface area contributed by atoms with Crippen LogP contribution in [0.25, 0.3) is 16.5 Å². The van der Waals surface area contributed by atoms with Gasteiger partial charge in [0.2, 0.25) is 0 Å². The van der Waals surface area contributed by atoms with Crippen molar-refractivity contribution >= 4 is 33.7 Å². The fraction of sp³-hybridized carbons (Fsp3) is 0.226. The molecule has 5 N–H and O–H groups in total. The van der Waals surface area contributed by atoms with Crippen molar-refractivity contribution in [1.29, 1.82) is 0 Å². The van der Waals surface area contributed by atoms with E-state index in [1.165, 1.54) is 55.5 Å². The van der Waals surface area contributed by atoms with Gasteiger partial charge in [0.1, 0.15) is 17.5 Å². The Bertz CT molecular complexity index is 1570. The summed E-state index contributed by atoms with van der Waals surface area (Å²) in [4.78, 5) is 14.7. The molecule has 2 aromatic carbocycles. The summed E-state index contributed by atoms with van der Waals surface area (Å²) in [6.07, 6.45) is 6.69. The van der Waals surface area contributed by atoms with Gasteiger partial charge in [-0.05, 0) is 74.2 Å². The van der Waals surface area contributed by atoms with E-state index in [0.29, 0.717) is 22.5 Å². The monoisotopic (exact) mass is 526 g/mol. The second kappa shape index (κ2) is 11.1. The fourth-order valence-corrected chi connectivity index (χ4v) is 5.01. The van der Waals surface area contributed by atoms with Crippen molar-refractivity contribution in [3.63, 3.8) is 0 Å². The first kappa shape index (κ1) is 26.2. The molecular formula is C31H32F2N6. The molecule has 1 aliphatic heterocycles. The Kier molecular flexibility index (Phi) is 7.45. The predicted octanol–water partition coefficient (Wildman–Crippen LogP) is 6.28. The predicted molar refractivity (Wildman–Crippen MR) is 155 cm³/mol. The number of nitrogens with two attached hydrogens (primary N) is 2. The Morgan fingerprint density at radius 1 is 1.10 bits per heavy atom. The molecule has 200 valence electrons. The van der Waals surface area contributed by atoms with Gasteiger partial charge in [-0.1, -0.05) is 12.6 Å². The molecule has 0 atom stereocenters. The number of rotatable bonds is 7. The first-order chi connectivity index (χ1) is 18.8. The molecule has 0 saturated carbocycles. The largest absolute Gasteiger partial charge is 0.404 e. The minimum Gasteiger partial charge on any atom is -0.404 e. The maximum absolute atomic E-state index is 14.1. The lowest BCUT2D eigenvalue weighted by Gasteiger charge is -2.28. The van der Waals surface area contributed by atoms with Crippen LogP contribution in [0.1, 0.15) is 41.8 Å². The van der Waals surface area contributed by atoms with Crippen LogP contribution < -0.4 is 16.4 Å². The van der Waals surface area contributed by atoms with E-state index in [4.69, 9.17) is 11.5 Å². The van der Waals surface area contributed by atoms with Crippen LogP contribution in [0.5, 0.6) is 0 Å². The molecule has 0 bridgehead atoms. The average Bonchev–Trinajstić information content (AvgIpc) is 3.37. The Labute approximate surface area is 226 Å². The van der Waals surface area contributed by atoms with Crippen LogP contribution in [-0.4, -0.2) is 28.9 Å². The number of aryl methyl sites for hydroxylation is 1. The minimum absolute atomic E-state index is 0.0220. The van der Waals surface area contributed by atoms with Gasteiger partial charge in [-0.25, -0.2) is 13.8 Å². The Morgan fingerprint density at radius 3 is 2.54 bits per heavy atom.